The van der Waals surface area contributed by atoms with Crippen molar-refractivity contribution in [3.63, 3.8) is 0 Å². The third-order valence-electron chi connectivity index (χ3n) is 3.50. The van der Waals surface area contributed by atoms with Gasteiger partial charge in [-0.15, -0.1) is 0 Å². The molecule has 1 aliphatic carbocycles. The summed E-state index contributed by atoms with van der Waals surface area (Å²) < 4.78 is 5.43. The van der Waals surface area contributed by atoms with Crippen molar-refractivity contribution < 1.29 is 9.84 Å². The molecule has 0 saturated heterocycles. The molecule has 0 radical (unpaired) electrons. The fourth-order valence-electron chi connectivity index (χ4n) is 2.93. The van der Waals surface area contributed by atoms with Gasteiger partial charge < -0.3 is 15.2 Å². The predicted molar refractivity (Wildman–Crippen MR) is 66.5 cm³/mol. The van der Waals surface area contributed by atoms with E-state index < -0.39 is 0 Å². The molecule has 16 heavy (non-hydrogen) atoms. The minimum atomic E-state index is -0.368. The van der Waals surface area contributed by atoms with Crippen LogP contribution in [0.4, 0.5) is 0 Å². The molecular formula is C13H27NO2. The summed E-state index contributed by atoms with van der Waals surface area (Å²) >= 11 is 0. The maximum absolute atomic E-state index is 9.69. The lowest BCUT2D eigenvalue weighted by Crippen LogP contribution is -2.43. The first kappa shape index (κ1) is 13.9. The average molecular weight is 229 g/mol. The van der Waals surface area contributed by atoms with Crippen molar-refractivity contribution in [2.24, 2.45) is 5.92 Å². The molecule has 1 fully saturated rings. The lowest BCUT2D eigenvalue weighted by Gasteiger charge is -2.36. The van der Waals surface area contributed by atoms with E-state index in [0.29, 0.717) is 18.0 Å². The maximum atomic E-state index is 9.69. The van der Waals surface area contributed by atoms with Crippen LogP contribution in [0.1, 0.15) is 46.5 Å². The molecule has 1 aliphatic rings. The second-order valence-electron chi connectivity index (χ2n) is 5.39. The van der Waals surface area contributed by atoms with Crippen LogP contribution in [0.15, 0.2) is 0 Å². The van der Waals surface area contributed by atoms with E-state index in [-0.39, 0.29) is 12.2 Å². The summed E-state index contributed by atoms with van der Waals surface area (Å²) in [6.45, 7) is 6.20. The molecule has 2 N–H and O–H groups in total. The van der Waals surface area contributed by atoms with Gasteiger partial charge in [-0.2, -0.15) is 0 Å². The van der Waals surface area contributed by atoms with E-state index in [0.717, 1.165) is 6.42 Å². The SMILES string of the molecule is COC(C(C)O)C1CCCC(NC(C)C)C1. The molecule has 3 heteroatoms. The molecule has 0 bridgehead atoms. The number of hydrogen-bond donors (Lipinski definition) is 2. The normalized spacial score (nSPS) is 30.4. The summed E-state index contributed by atoms with van der Waals surface area (Å²) in [6.07, 6.45) is 4.43. The Bertz CT molecular complexity index is 194. The Kier molecular flexibility index (Phi) is 5.73. The maximum Gasteiger partial charge on any atom is 0.0856 e. The standard InChI is InChI=1S/C13H27NO2/c1-9(2)14-12-7-5-6-11(8-12)13(16-4)10(3)15/h9-15H,5-8H2,1-4H3. The summed E-state index contributed by atoms with van der Waals surface area (Å²) in [5, 5.41) is 13.3. The second kappa shape index (κ2) is 6.58. The summed E-state index contributed by atoms with van der Waals surface area (Å²) in [6, 6.07) is 1.13. The lowest BCUT2D eigenvalue weighted by molar-refractivity contribution is -0.0493. The van der Waals surface area contributed by atoms with Gasteiger partial charge in [-0.25, -0.2) is 0 Å². The molecule has 4 atom stereocenters. The molecule has 96 valence electrons. The number of aliphatic hydroxyl groups excluding tert-OH is 1. The highest BCUT2D eigenvalue weighted by Gasteiger charge is 2.31. The Morgan fingerprint density at radius 1 is 1.25 bits per heavy atom. The Labute approximate surface area is 99.6 Å². The van der Waals surface area contributed by atoms with Crippen molar-refractivity contribution >= 4 is 0 Å². The van der Waals surface area contributed by atoms with Crippen molar-refractivity contribution in [2.75, 3.05) is 7.11 Å². The van der Waals surface area contributed by atoms with E-state index in [1.165, 1.54) is 19.3 Å². The van der Waals surface area contributed by atoms with Crippen LogP contribution in [0.2, 0.25) is 0 Å². The monoisotopic (exact) mass is 229 g/mol. The van der Waals surface area contributed by atoms with Crippen molar-refractivity contribution in [3.8, 4) is 0 Å². The Balaban J connectivity index is 2.48. The van der Waals surface area contributed by atoms with Gasteiger partial charge in [0.05, 0.1) is 12.2 Å². The van der Waals surface area contributed by atoms with Gasteiger partial charge in [0.2, 0.25) is 0 Å². The van der Waals surface area contributed by atoms with Gasteiger partial charge in [0.15, 0.2) is 0 Å². The van der Waals surface area contributed by atoms with E-state index in [9.17, 15) is 5.11 Å². The fraction of sp³-hybridized carbons (Fsp3) is 1.00. The number of nitrogens with one attached hydrogen (secondary N) is 1. The zero-order chi connectivity index (χ0) is 12.1. The Morgan fingerprint density at radius 3 is 2.44 bits per heavy atom. The fourth-order valence-corrected chi connectivity index (χ4v) is 2.93. The molecular weight excluding hydrogens is 202 g/mol. The van der Waals surface area contributed by atoms with Gasteiger partial charge >= 0.3 is 0 Å². The van der Waals surface area contributed by atoms with Crippen LogP contribution in [0.25, 0.3) is 0 Å². The zero-order valence-corrected chi connectivity index (χ0v) is 11.1. The minimum Gasteiger partial charge on any atom is -0.391 e. The van der Waals surface area contributed by atoms with E-state index in [1.54, 1.807) is 7.11 Å². The minimum absolute atomic E-state index is 0.00300. The predicted octanol–water partition coefficient (Wildman–Crippen LogP) is 1.94. The Hall–Kier alpha value is -0.120. The topological polar surface area (TPSA) is 41.5 Å². The van der Waals surface area contributed by atoms with E-state index in [4.69, 9.17) is 4.74 Å². The highest BCUT2D eigenvalue weighted by atomic mass is 16.5. The van der Waals surface area contributed by atoms with Crippen LogP contribution in [-0.2, 0) is 4.74 Å². The van der Waals surface area contributed by atoms with Gasteiger partial charge in [0, 0.05) is 19.2 Å². The summed E-state index contributed by atoms with van der Waals surface area (Å²) in [4.78, 5) is 0. The first-order valence-corrected chi connectivity index (χ1v) is 6.51. The molecule has 3 nitrogen and oxygen atoms in total. The smallest absolute Gasteiger partial charge is 0.0856 e. The van der Waals surface area contributed by atoms with Gasteiger partial charge in [-0.3, -0.25) is 0 Å². The molecule has 0 aromatic heterocycles. The van der Waals surface area contributed by atoms with E-state index in [1.807, 2.05) is 6.92 Å². The molecule has 0 aromatic carbocycles. The molecule has 0 aromatic rings. The highest BCUT2D eigenvalue weighted by molar-refractivity contribution is 4.85. The molecule has 0 aliphatic heterocycles. The second-order valence-corrected chi connectivity index (χ2v) is 5.39. The number of methoxy groups -OCH3 is 1. The molecule has 0 heterocycles. The average Bonchev–Trinajstić information content (AvgIpc) is 2.17. The van der Waals surface area contributed by atoms with Gasteiger partial charge in [0.25, 0.3) is 0 Å². The van der Waals surface area contributed by atoms with Crippen LogP contribution >= 0.6 is 0 Å². The van der Waals surface area contributed by atoms with Gasteiger partial charge in [0.1, 0.15) is 0 Å². The first-order chi connectivity index (χ1) is 7.54. The number of hydrogen-bond acceptors (Lipinski definition) is 3. The third-order valence-corrected chi connectivity index (χ3v) is 3.50. The van der Waals surface area contributed by atoms with Crippen LogP contribution in [-0.4, -0.2) is 36.5 Å². The van der Waals surface area contributed by atoms with Crippen LogP contribution in [0.3, 0.4) is 0 Å². The summed E-state index contributed by atoms with van der Waals surface area (Å²) in [5.74, 6) is 0.495. The molecule has 1 saturated carbocycles. The number of aliphatic hydroxyl groups is 1. The van der Waals surface area contributed by atoms with Crippen LogP contribution < -0.4 is 5.32 Å². The number of ether oxygens (including phenoxy) is 1. The lowest BCUT2D eigenvalue weighted by atomic mass is 9.80. The van der Waals surface area contributed by atoms with Crippen molar-refractivity contribution in [2.45, 2.75) is 70.7 Å². The third kappa shape index (κ3) is 4.04. The van der Waals surface area contributed by atoms with Crippen molar-refractivity contribution in [1.29, 1.82) is 0 Å². The molecule has 0 spiro atoms. The van der Waals surface area contributed by atoms with Gasteiger partial charge in [-0.1, -0.05) is 20.3 Å². The number of rotatable bonds is 5. The summed E-state index contributed by atoms with van der Waals surface area (Å²) in [5.41, 5.74) is 0. The molecule has 4 unspecified atom stereocenters. The van der Waals surface area contributed by atoms with E-state index in [2.05, 4.69) is 19.2 Å². The Morgan fingerprint density at radius 2 is 1.94 bits per heavy atom. The zero-order valence-electron chi connectivity index (χ0n) is 11.1. The largest absolute Gasteiger partial charge is 0.391 e. The first-order valence-electron chi connectivity index (χ1n) is 6.51. The quantitative estimate of drug-likeness (QED) is 0.757. The molecule has 1 rings (SSSR count). The van der Waals surface area contributed by atoms with Crippen molar-refractivity contribution in [1.82, 2.24) is 5.32 Å². The van der Waals surface area contributed by atoms with Crippen LogP contribution in [0.5, 0.6) is 0 Å². The molecule has 0 amide bonds. The highest BCUT2D eigenvalue weighted by Crippen LogP contribution is 2.29. The summed E-state index contributed by atoms with van der Waals surface area (Å²) in [7, 11) is 1.71. The van der Waals surface area contributed by atoms with E-state index >= 15 is 0 Å². The van der Waals surface area contributed by atoms with Crippen LogP contribution in [0, 0.1) is 5.92 Å². The van der Waals surface area contributed by atoms with Crippen molar-refractivity contribution in [3.05, 3.63) is 0 Å². The van der Waals surface area contributed by atoms with Gasteiger partial charge in [-0.05, 0) is 32.1 Å².